The molecule has 6 heteroatoms. The summed E-state index contributed by atoms with van der Waals surface area (Å²) in [4.78, 5) is 26.1. The largest absolute Gasteiger partial charge is 0.349 e. The number of carbonyl (C=O) groups is 2. The zero-order valence-corrected chi connectivity index (χ0v) is 17.8. The van der Waals surface area contributed by atoms with E-state index in [0.717, 1.165) is 19.6 Å². The first kappa shape index (κ1) is 26.1. The van der Waals surface area contributed by atoms with Gasteiger partial charge in [-0.3, -0.25) is 9.59 Å². The molecule has 1 fully saturated rings. The lowest BCUT2D eigenvalue weighted by Crippen LogP contribution is -2.36. The molecule has 2 amide bonds. The molecule has 1 rings (SSSR count). The summed E-state index contributed by atoms with van der Waals surface area (Å²) in [6, 6.07) is 0.704. The van der Waals surface area contributed by atoms with E-state index in [2.05, 4.69) is 24.5 Å². The highest BCUT2D eigenvalue weighted by Crippen LogP contribution is 2.08. The van der Waals surface area contributed by atoms with Gasteiger partial charge < -0.3 is 20.4 Å². The van der Waals surface area contributed by atoms with Crippen LogP contribution in [0.25, 0.3) is 0 Å². The Hall–Kier alpha value is -1.14. The fourth-order valence-electron chi connectivity index (χ4n) is 2.43. The highest BCUT2D eigenvalue weighted by Gasteiger charge is 2.16. The van der Waals surface area contributed by atoms with Crippen LogP contribution in [0.4, 0.5) is 0 Å². The molecule has 2 N–H and O–H groups in total. The van der Waals surface area contributed by atoms with Crippen LogP contribution in [0.1, 0.15) is 60.3 Å². The molecule has 0 spiro atoms. The fourth-order valence-corrected chi connectivity index (χ4v) is 2.43. The molecule has 1 atom stereocenters. The smallest absolute Gasteiger partial charge is 0.223 e. The molecule has 0 aromatic heterocycles. The molecular weight excluding hydrogens is 316 g/mol. The van der Waals surface area contributed by atoms with Crippen molar-refractivity contribution < 1.29 is 9.59 Å². The summed E-state index contributed by atoms with van der Waals surface area (Å²) in [5.74, 6) is 0.479. The van der Waals surface area contributed by atoms with Crippen molar-refractivity contribution in [2.24, 2.45) is 0 Å². The van der Waals surface area contributed by atoms with Crippen LogP contribution < -0.4 is 10.6 Å². The first-order valence-corrected chi connectivity index (χ1v) is 9.66. The Morgan fingerprint density at radius 1 is 1.08 bits per heavy atom. The standard InChI is InChI=1S/C9H20N2O.C8H16N2O.C2H6/c1-7(2)10-8(3)6-9(12)11(4)5;1-9-5-4-8(11)10-6-2-3-7-10;1-2/h7-8,10H,6H2,1-5H3;9H,2-7H2,1H3;1-2H3. The highest BCUT2D eigenvalue weighted by atomic mass is 16.2. The van der Waals surface area contributed by atoms with Gasteiger partial charge in [0.05, 0.1) is 0 Å². The third-order valence-electron chi connectivity index (χ3n) is 3.65. The molecule has 1 unspecified atom stereocenters. The first-order chi connectivity index (χ1) is 11.8. The lowest BCUT2D eigenvalue weighted by atomic mass is 10.2. The summed E-state index contributed by atoms with van der Waals surface area (Å²) >= 11 is 0. The van der Waals surface area contributed by atoms with Gasteiger partial charge >= 0.3 is 0 Å². The van der Waals surface area contributed by atoms with Gasteiger partial charge in [0, 0.05) is 58.7 Å². The molecule has 1 heterocycles. The summed E-state index contributed by atoms with van der Waals surface area (Å²) < 4.78 is 0. The number of carbonyl (C=O) groups excluding carboxylic acids is 2. The molecule has 25 heavy (non-hydrogen) atoms. The van der Waals surface area contributed by atoms with Crippen molar-refractivity contribution in [3.63, 3.8) is 0 Å². The molecule has 6 nitrogen and oxygen atoms in total. The molecule has 150 valence electrons. The molecule has 1 aliphatic rings. The summed E-state index contributed by atoms with van der Waals surface area (Å²) in [5, 5.41) is 6.26. The van der Waals surface area contributed by atoms with E-state index in [0.29, 0.717) is 24.8 Å². The quantitative estimate of drug-likeness (QED) is 0.731. The fraction of sp³-hybridized carbons (Fsp3) is 0.895. The van der Waals surface area contributed by atoms with Crippen molar-refractivity contribution in [1.82, 2.24) is 20.4 Å². The average Bonchev–Trinajstić information content (AvgIpc) is 3.08. The molecule has 0 aromatic carbocycles. The van der Waals surface area contributed by atoms with E-state index in [1.807, 2.05) is 32.7 Å². The minimum atomic E-state index is 0.177. The number of hydrogen-bond acceptors (Lipinski definition) is 4. The number of amides is 2. The summed E-state index contributed by atoms with van der Waals surface area (Å²) in [5.41, 5.74) is 0. The zero-order valence-electron chi connectivity index (χ0n) is 17.8. The van der Waals surface area contributed by atoms with Crippen LogP contribution in [0.3, 0.4) is 0 Å². The molecule has 0 radical (unpaired) electrons. The van der Waals surface area contributed by atoms with E-state index in [1.54, 1.807) is 19.0 Å². The molecule has 1 aliphatic heterocycles. The number of nitrogens with one attached hydrogen (secondary N) is 2. The van der Waals surface area contributed by atoms with Crippen molar-refractivity contribution in [1.29, 1.82) is 0 Å². The average molecular weight is 359 g/mol. The van der Waals surface area contributed by atoms with Crippen LogP contribution in [0.2, 0.25) is 0 Å². The minimum absolute atomic E-state index is 0.177. The van der Waals surface area contributed by atoms with Crippen LogP contribution in [0.15, 0.2) is 0 Å². The SMILES string of the molecule is CC.CC(C)NC(C)CC(=O)N(C)C.CNCCC(=O)N1CCCC1. The molecule has 0 aliphatic carbocycles. The Morgan fingerprint density at radius 3 is 2.00 bits per heavy atom. The van der Waals surface area contributed by atoms with Crippen molar-refractivity contribution in [2.45, 2.75) is 72.4 Å². The van der Waals surface area contributed by atoms with Crippen LogP contribution in [0.5, 0.6) is 0 Å². The Labute approximate surface area is 155 Å². The topological polar surface area (TPSA) is 64.7 Å². The van der Waals surface area contributed by atoms with E-state index in [-0.39, 0.29) is 11.9 Å². The van der Waals surface area contributed by atoms with Crippen molar-refractivity contribution >= 4 is 11.8 Å². The van der Waals surface area contributed by atoms with Gasteiger partial charge in [-0.15, -0.1) is 0 Å². The summed E-state index contributed by atoms with van der Waals surface area (Å²) in [6.07, 6.45) is 3.60. The summed E-state index contributed by atoms with van der Waals surface area (Å²) in [6.45, 7) is 12.9. The van der Waals surface area contributed by atoms with E-state index in [4.69, 9.17) is 0 Å². The maximum atomic E-state index is 11.3. The van der Waals surface area contributed by atoms with Crippen molar-refractivity contribution in [3.05, 3.63) is 0 Å². The number of rotatable bonds is 7. The molecule has 0 saturated carbocycles. The van der Waals surface area contributed by atoms with Gasteiger partial charge in [-0.05, 0) is 26.8 Å². The van der Waals surface area contributed by atoms with Gasteiger partial charge in [-0.25, -0.2) is 0 Å². The lowest BCUT2D eigenvalue weighted by Gasteiger charge is -2.18. The predicted molar refractivity (Wildman–Crippen MR) is 107 cm³/mol. The van der Waals surface area contributed by atoms with Gasteiger partial charge in [0.25, 0.3) is 0 Å². The van der Waals surface area contributed by atoms with Crippen LogP contribution in [-0.4, -0.2) is 74.5 Å². The number of likely N-dealkylation sites (tertiary alicyclic amines) is 1. The van der Waals surface area contributed by atoms with Gasteiger partial charge in [-0.2, -0.15) is 0 Å². The van der Waals surface area contributed by atoms with Gasteiger partial charge in [0.1, 0.15) is 0 Å². The second kappa shape index (κ2) is 16.3. The molecule has 1 saturated heterocycles. The molecule has 0 bridgehead atoms. The van der Waals surface area contributed by atoms with Gasteiger partial charge in [0.2, 0.25) is 11.8 Å². The Balaban J connectivity index is 0. The lowest BCUT2D eigenvalue weighted by molar-refractivity contribution is -0.130. The van der Waals surface area contributed by atoms with Crippen LogP contribution >= 0.6 is 0 Å². The van der Waals surface area contributed by atoms with Crippen molar-refractivity contribution in [2.75, 3.05) is 40.8 Å². The van der Waals surface area contributed by atoms with E-state index in [1.165, 1.54) is 12.8 Å². The predicted octanol–water partition coefficient (Wildman–Crippen LogP) is 2.10. The van der Waals surface area contributed by atoms with E-state index in [9.17, 15) is 9.59 Å². The van der Waals surface area contributed by atoms with Gasteiger partial charge in [0.15, 0.2) is 0 Å². The summed E-state index contributed by atoms with van der Waals surface area (Å²) in [7, 11) is 5.44. The monoisotopic (exact) mass is 358 g/mol. The number of hydrogen-bond donors (Lipinski definition) is 2. The zero-order chi connectivity index (χ0) is 19.8. The van der Waals surface area contributed by atoms with Crippen LogP contribution in [-0.2, 0) is 9.59 Å². The van der Waals surface area contributed by atoms with E-state index < -0.39 is 0 Å². The molecule has 0 aromatic rings. The first-order valence-electron chi connectivity index (χ1n) is 9.66. The normalized spacial score (nSPS) is 14.2. The third kappa shape index (κ3) is 14.9. The van der Waals surface area contributed by atoms with Crippen molar-refractivity contribution in [3.8, 4) is 0 Å². The number of nitrogens with zero attached hydrogens (tertiary/aromatic N) is 2. The van der Waals surface area contributed by atoms with Crippen LogP contribution in [0, 0.1) is 0 Å². The minimum Gasteiger partial charge on any atom is -0.349 e. The highest BCUT2D eigenvalue weighted by molar-refractivity contribution is 5.76. The second-order valence-electron chi connectivity index (χ2n) is 6.66. The Bertz CT molecular complexity index is 340. The third-order valence-corrected chi connectivity index (χ3v) is 3.65. The maximum Gasteiger partial charge on any atom is 0.223 e. The van der Waals surface area contributed by atoms with Gasteiger partial charge in [-0.1, -0.05) is 27.7 Å². The molecular formula is C19H42N4O2. The maximum absolute atomic E-state index is 11.3. The van der Waals surface area contributed by atoms with E-state index >= 15 is 0 Å². The Kier molecular flexibility index (Phi) is 17.0. The Morgan fingerprint density at radius 2 is 1.60 bits per heavy atom. The second-order valence-corrected chi connectivity index (χ2v) is 6.66.